The number of hydrogen-bond acceptors (Lipinski definition) is 5. The maximum absolute atomic E-state index is 12.4. The van der Waals surface area contributed by atoms with Gasteiger partial charge >= 0.3 is 5.97 Å². The number of rotatable bonds is 7. The van der Waals surface area contributed by atoms with E-state index in [1.807, 2.05) is 0 Å². The maximum Gasteiger partial charge on any atom is 0.337 e. The van der Waals surface area contributed by atoms with Crippen molar-refractivity contribution >= 4 is 33.3 Å². The zero-order chi connectivity index (χ0) is 20.2. The molecule has 9 heteroatoms. The Morgan fingerprint density at radius 3 is 2.37 bits per heavy atom. The van der Waals surface area contributed by atoms with Crippen molar-refractivity contribution < 1.29 is 23.1 Å². The van der Waals surface area contributed by atoms with Gasteiger partial charge in [-0.2, -0.15) is 0 Å². The van der Waals surface area contributed by atoms with Gasteiger partial charge in [0, 0.05) is 5.69 Å². The summed E-state index contributed by atoms with van der Waals surface area (Å²) in [4.78, 5) is 27.5. The molecule has 27 heavy (non-hydrogen) atoms. The predicted molar refractivity (Wildman–Crippen MR) is 103 cm³/mol. The SMILES string of the molecule is CCCS(=O)(=O)Nc1cccc(NC(=O)c2ccc(C(=O)O)c(C)n2)c1C. The van der Waals surface area contributed by atoms with Gasteiger partial charge in [0.25, 0.3) is 5.91 Å². The largest absolute Gasteiger partial charge is 0.478 e. The minimum Gasteiger partial charge on any atom is -0.478 e. The summed E-state index contributed by atoms with van der Waals surface area (Å²) in [6.07, 6.45) is 0.488. The number of aromatic nitrogens is 1. The summed E-state index contributed by atoms with van der Waals surface area (Å²) in [5.74, 6) is -1.64. The summed E-state index contributed by atoms with van der Waals surface area (Å²) in [7, 11) is -3.45. The van der Waals surface area contributed by atoms with Crippen molar-refractivity contribution in [3.8, 4) is 0 Å². The van der Waals surface area contributed by atoms with E-state index in [-0.39, 0.29) is 22.7 Å². The van der Waals surface area contributed by atoms with Crippen LogP contribution < -0.4 is 10.0 Å². The second-order valence-corrected chi connectivity index (χ2v) is 7.83. The number of nitrogens with one attached hydrogen (secondary N) is 2. The van der Waals surface area contributed by atoms with Crippen LogP contribution in [0.15, 0.2) is 30.3 Å². The molecule has 144 valence electrons. The number of hydrogen-bond donors (Lipinski definition) is 3. The van der Waals surface area contributed by atoms with E-state index in [1.54, 1.807) is 32.0 Å². The monoisotopic (exact) mass is 391 g/mol. The van der Waals surface area contributed by atoms with Gasteiger partial charge in [-0.05, 0) is 50.1 Å². The van der Waals surface area contributed by atoms with E-state index in [0.717, 1.165) is 0 Å². The topological polar surface area (TPSA) is 125 Å². The molecule has 0 saturated heterocycles. The average Bonchev–Trinajstić information content (AvgIpc) is 2.57. The Morgan fingerprint density at radius 1 is 1.11 bits per heavy atom. The van der Waals surface area contributed by atoms with Crippen LogP contribution >= 0.6 is 0 Å². The van der Waals surface area contributed by atoms with Gasteiger partial charge < -0.3 is 10.4 Å². The van der Waals surface area contributed by atoms with Gasteiger partial charge in [-0.15, -0.1) is 0 Å². The highest BCUT2D eigenvalue weighted by Crippen LogP contribution is 2.25. The molecular formula is C18H21N3O5S. The molecule has 8 nitrogen and oxygen atoms in total. The Balaban J connectivity index is 2.25. The molecule has 0 spiro atoms. The molecule has 0 radical (unpaired) electrons. The number of amides is 1. The van der Waals surface area contributed by atoms with Gasteiger partial charge in [0.2, 0.25) is 10.0 Å². The minimum absolute atomic E-state index is 0.00213. The summed E-state index contributed by atoms with van der Waals surface area (Å²) in [5.41, 5.74) is 1.69. The molecule has 0 unspecified atom stereocenters. The molecule has 1 aromatic carbocycles. The van der Waals surface area contributed by atoms with E-state index in [4.69, 9.17) is 5.11 Å². The van der Waals surface area contributed by atoms with Gasteiger partial charge in [0.15, 0.2) is 0 Å². The van der Waals surface area contributed by atoms with Crippen LogP contribution in [-0.2, 0) is 10.0 Å². The number of anilines is 2. The second-order valence-electron chi connectivity index (χ2n) is 5.99. The number of carboxylic acids is 1. The number of benzene rings is 1. The summed E-state index contributed by atoms with van der Waals surface area (Å²) in [6.45, 7) is 4.97. The van der Waals surface area contributed by atoms with Crippen molar-refractivity contribution in [1.29, 1.82) is 0 Å². The third-order valence-corrected chi connectivity index (χ3v) is 5.35. The van der Waals surface area contributed by atoms with Gasteiger partial charge in [0.05, 0.1) is 22.7 Å². The number of carbonyl (C=O) groups is 2. The fraction of sp³-hybridized carbons (Fsp3) is 0.278. The van der Waals surface area contributed by atoms with Crippen molar-refractivity contribution in [3.63, 3.8) is 0 Å². The molecule has 0 aliphatic carbocycles. The van der Waals surface area contributed by atoms with Crippen LogP contribution in [0.2, 0.25) is 0 Å². The molecule has 0 saturated carbocycles. The van der Waals surface area contributed by atoms with Gasteiger partial charge in [0.1, 0.15) is 5.69 Å². The Kier molecular flexibility index (Phi) is 6.17. The summed E-state index contributed by atoms with van der Waals surface area (Å²) in [5, 5.41) is 11.7. The lowest BCUT2D eigenvalue weighted by molar-refractivity contribution is 0.0695. The first-order valence-electron chi connectivity index (χ1n) is 8.27. The zero-order valence-electron chi connectivity index (χ0n) is 15.2. The molecule has 2 aromatic rings. The van der Waals surface area contributed by atoms with Crippen molar-refractivity contribution in [2.75, 3.05) is 15.8 Å². The first kappa shape index (κ1) is 20.4. The third kappa shape index (κ3) is 5.04. The van der Waals surface area contributed by atoms with Crippen molar-refractivity contribution in [2.45, 2.75) is 27.2 Å². The van der Waals surface area contributed by atoms with E-state index in [2.05, 4.69) is 15.0 Å². The molecule has 1 amide bonds. The molecule has 0 fully saturated rings. The van der Waals surface area contributed by atoms with Crippen LogP contribution in [0.5, 0.6) is 0 Å². The summed E-state index contributed by atoms with van der Waals surface area (Å²) in [6, 6.07) is 7.53. The van der Waals surface area contributed by atoms with Crippen LogP contribution in [0.25, 0.3) is 0 Å². The molecule has 2 rings (SSSR count). The van der Waals surface area contributed by atoms with E-state index >= 15 is 0 Å². The van der Waals surface area contributed by atoms with E-state index in [1.165, 1.54) is 19.1 Å². The normalized spacial score (nSPS) is 11.1. The lowest BCUT2D eigenvalue weighted by atomic mass is 10.1. The standard InChI is InChI=1S/C18H21N3O5S/c1-4-10-27(25,26)21-15-7-5-6-14(11(15)2)20-17(22)16-9-8-13(18(23)24)12(3)19-16/h5-9,21H,4,10H2,1-3H3,(H,20,22)(H,23,24). The number of pyridine rings is 1. The lowest BCUT2D eigenvalue weighted by Crippen LogP contribution is -2.19. The van der Waals surface area contributed by atoms with Gasteiger partial charge in [-0.3, -0.25) is 9.52 Å². The summed E-state index contributed by atoms with van der Waals surface area (Å²) < 4.78 is 26.5. The number of aromatic carboxylic acids is 1. The molecule has 0 aliphatic rings. The first-order valence-corrected chi connectivity index (χ1v) is 9.92. The molecular weight excluding hydrogens is 370 g/mol. The highest BCUT2D eigenvalue weighted by atomic mass is 32.2. The van der Waals surface area contributed by atoms with Gasteiger partial charge in [-0.25, -0.2) is 18.2 Å². The van der Waals surface area contributed by atoms with Crippen molar-refractivity contribution in [3.05, 3.63) is 52.8 Å². The molecule has 0 aliphatic heterocycles. The van der Waals surface area contributed by atoms with Crippen LogP contribution in [0.1, 0.15) is 45.4 Å². The number of carbonyl (C=O) groups excluding carboxylic acids is 1. The van der Waals surface area contributed by atoms with Crippen LogP contribution in [0.4, 0.5) is 11.4 Å². The smallest absolute Gasteiger partial charge is 0.337 e. The number of carboxylic acid groups (broad SMARTS) is 1. The third-order valence-electron chi connectivity index (χ3n) is 3.87. The molecule has 3 N–H and O–H groups in total. The average molecular weight is 391 g/mol. The zero-order valence-corrected chi connectivity index (χ0v) is 16.1. The number of nitrogens with zero attached hydrogens (tertiary/aromatic N) is 1. The molecule has 0 bridgehead atoms. The number of aryl methyl sites for hydroxylation is 1. The second kappa shape index (κ2) is 8.17. The first-order chi connectivity index (χ1) is 12.6. The minimum atomic E-state index is -3.45. The Labute approximate surface area is 157 Å². The van der Waals surface area contributed by atoms with Crippen LogP contribution in [0.3, 0.4) is 0 Å². The highest BCUT2D eigenvalue weighted by Gasteiger charge is 2.16. The van der Waals surface area contributed by atoms with Gasteiger partial charge in [-0.1, -0.05) is 13.0 Å². The van der Waals surface area contributed by atoms with E-state index in [0.29, 0.717) is 23.4 Å². The highest BCUT2D eigenvalue weighted by molar-refractivity contribution is 7.92. The lowest BCUT2D eigenvalue weighted by Gasteiger charge is -2.14. The number of sulfonamides is 1. The quantitative estimate of drug-likeness (QED) is 0.666. The molecule has 1 heterocycles. The fourth-order valence-electron chi connectivity index (χ4n) is 2.47. The Morgan fingerprint density at radius 2 is 1.78 bits per heavy atom. The maximum atomic E-state index is 12.4. The predicted octanol–water partition coefficient (Wildman–Crippen LogP) is 2.80. The van der Waals surface area contributed by atoms with E-state index < -0.39 is 21.9 Å². The molecule has 1 aromatic heterocycles. The van der Waals surface area contributed by atoms with E-state index in [9.17, 15) is 18.0 Å². The van der Waals surface area contributed by atoms with Crippen LogP contribution in [0, 0.1) is 13.8 Å². The van der Waals surface area contributed by atoms with Crippen LogP contribution in [-0.4, -0.2) is 36.1 Å². The fourth-order valence-corrected chi connectivity index (χ4v) is 3.66. The summed E-state index contributed by atoms with van der Waals surface area (Å²) >= 11 is 0. The Bertz CT molecular complexity index is 986. The van der Waals surface area contributed by atoms with Crippen molar-refractivity contribution in [1.82, 2.24) is 4.98 Å². The Hall–Kier alpha value is -2.94. The molecule has 0 atom stereocenters. The van der Waals surface area contributed by atoms with Crippen molar-refractivity contribution in [2.24, 2.45) is 0 Å².